The van der Waals surface area contributed by atoms with Gasteiger partial charge in [-0.1, -0.05) is 30.3 Å². The van der Waals surface area contributed by atoms with E-state index in [4.69, 9.17) is 14.6 Å². The third-order valence-corrected chi connectivity index (χ3v) is 2.43. The Labute approximate surface area is 117 Å². The van der Waals surface area contributed by atoms with Gasteiger partial charge in [-0.2, -0.15) is 0 Å². The van der Waals surface area contributed by atoms with E-state index in [1.807, 2.05) is 30.3 Å². The van der Waals surface area contributed by atoms with Gasteiger partial charge in [0.25, 0.3) is 0 Å². The molecule has 0 heterocycles. The van der Waals surface area contributed by atoms with Crippen LogP contribution >= 0.6 is 0 Å². The molecule has 0 unspecified atom stereocenters. The van der Waals surface area contributed by atoms with E-state index in [2.05, 4.69) is 5.32 Å². The van der Waals surface area contributed by atoms with E-state index in [9.17, 15) is 9.59 Å². The van der Waals surface area contributed by atoms with Crippen LogP contribution in [0.5, 0.6) is 0 Å². The van der Waals surface area contributed by atoms with Gasteiger partial charge >= 0.3 is 12.1 Å². The Morgan fingerprint density at radius 2 is 1.90 bits per heavy atom. The molecule has 0 saturated carbocycles. The van der Waals surface area contributed by atoms with E-state index in [1.54, 1.807) is 13.8 Å². The molecule has 110 valence electrons. The van der Waals surface area contributed by atoms with E-state index in [1.165, 1.54) is 0 Å². The van der Waals surface area contributed by atoms with Crippen molar-refractivity contribution in [1.29, 1.82) is 0 Å². The van der Waals surface area contributed by atoms with Crippen molar-refractivity contribution in [3.8, 4) is 0 Å². The number of hydrogen-bond acceptors (Lipinski definition) is 5. The van der Waals surface area contributed by atoms with Crippen LogP contribution in [-0.4, -0.2) is 36.1 Å². The third kappa shape index (κ3) is 6.19. The summed E-state index contributed by atoms with van der Waals surface area (Å²) in [6.45, 7) is 3.18. The summed E-state index contributed by atoms with van der Waals surface area (Å²) < 4.78 is 9.50. The van der Waals surface area contributed by atoms with Gasteiger partial charge in [-0.25, -0.2) is 4.79 Å². The number of ether oxygens (including phenoxy) is 2. The summed E-state index contributed by atoms with van der Waals surface area (Å²) in [5.41, 5.74) is 0.886. The maximum Gasteiger partial charge on any atom is 0.509 e. The van der Waals surface area contributed by atoms with Gasteiger partial charge in [-0.05, 0) is 25.8 Å². The Hall–Kier alpha value is -2.08. The van der Waals surface area contributed by atoms with Gasteiger partial charge in [-0.15, -0.1) is 0 Å². The summed E-state index contributed by atoms with van der Waals surface area (Å²) in [5, 5.41) is 11.8. The zero-order valence-electron chi connectivity index (χ0n) is 11.5. The first-order valence-electron chi connectivity index (χ1n) is 6.32. The molecular weight excluding hydrogens is 262 g/mol. The maximum atomic E-state index is 11.1. The fourth-order valence-corrected chi connectivity index (χ4v) is 1.52. The predicted molar refractivity (Wildman–Crippen MR) is 72.3 cm³/mol. The molecule has 0 radical (unpaired) electrons. The first-order chi connectivity index (χ1) is 9.49. The van der Waals surface area contributed by atoms with Crippen molar-refractivity contribution < 1.29 is 24.2 Å². The lowest BCUT2D eigenvalue weighted by Crippen LogP contribution is -2.40. The number of aliphatic carboxylic acids is 1. The SMILES string of the molecule is CC(C)OC(=O)OCN[C@@H](Cc1ccccc1)C(=O)O. The molecule has 0 amide bonds. The molecule has 0 bridgehead atoms. The molecule has 0 aliphatic rings. The summed E-state index contributed by atoms with van der Waals surface area (Å²) in [7, 11) is 0. The minimum atomic E-state index is -1.00. The highest BCUT2D eigenvalue weighted by molar-refractivity contribution is 5.73. The van der Waals surface area contributed by atoms with Crippen molar-refractivity contribution in [2.24, 2.45) is 0 Å². The monoisotopic (exact) mass is 281 g/mol. The number of carbonyl (C=O) groups is 2. The van der Waals surface area contributed by atoms with Crippen LogP contribution in [0.2, 0.25) is 0 Å². The van der Waals surface area contributed by atoms with E-state index >= 15 is 0 Å². The second-order valence-corrected chi connectivity index (χ2v) is 4.49. The molecule has 20 heavy (non-hydrogen) atoms. The topological polar surface area (TPSA) is 84.9 Å². The van der Waals surface area contributed by atoms with Crippen molar-refractivity contribution in [3.63, 3.8) is 0 Å². The Bertz CT molecular complexity index is 432. The first-order valence-corrected chi connectivity index (χ1v) is 6.32. The second-order valence-electron chi connectivity index (χ2n) is 4.49. The average molecular weight is 281 g/mol. The van der Waals surface area contributed by atoms with Crippen molar-refractivity contribution in [3.05, 3.63) is 35.9 Å². The zero-order valence-corrected chi connectivity index (χ0v) is 11.5. The normalized spacial score (nSPS) is 11.9. The van der Waals surface area contributed by atoms with Gasteiger partial charge in [0, 0.05) is 0 Å². The summed E-state index contributed by atoms with van der Waals surface area (Å²) in [5.74, 6) is -1.00. The lowest BCUT2D eigenvalue weighted by Gasteiger charge is -2.15. The van der Waals surface area contributed by atoms with Gasteiger partial charge in [-0.3, -0.25) is 10.1 Å². The minimum Gasteiger partial charge on any atom is -0.480 e. The van der Waals surface area contributed by atoms with Gasteiger partial charge in [0.05, 0.1) is 6.10 Å². The van der Waals surface area contributed by atoms with Crippen LogP contribution in [0.25, 0.3) is 0 Å². The van der Waals surface area contributed by atoms with Crippen molar-refractivity contribution in [2.45, 2.75) is 32.4 Å². The fraction of sp³-hybridized carbons (Fsp3) is 0.429. The van der Waals surface area contributed by atoms with Crippen LogP contribution in [0.4, 0.5) is 4.79 Å². The lowest BCUT2D eigenvalue weighted by molar-refractivity contribution is -0.140. The summed E-state index contributed by atoms with van der Waals surface area (Å²) in [6, 6.07) is 8.38. The molecule has 6 nitrogen and oxygen atoms in total. The van der Waals surface area contributed by atoms with Crippen LogP contribution < -0.4 is 5.32 Å². The van der Waals surface area contributed by atoms with Gasteiger partial charge in [0.15, 0.2) is 0 Å². The highest BCUT2D eigenvalue weighted by Gasteiger charge is 2.18. The van der Waals surface area contributed by atoms with Gasteiger partial charge < -0.3 is 14.6 Å². The van der Waals surface area contributed by atoms with E-state index < -0.39 is 18.2 Å². The molecule has 1 atom stereocenters. The second kappa shape index (κ2) is 8.16. The molecule has 6 heteroatoms. The highest BCUT2D eigenvalue weighted by Crippen LogP contribution is 2.03. The number of carboxylic acid groups (broad SMARTS) is 1. The van der Waals surface area contributed by atoms with E-state index in [-0.39, 0.29) is 12.8 Å². The summed E-state index contributed by atoms with van der Waals surface area (Å²) in [6.07, 6.45) is -0.794. The van der Waals surface area contributed by atoms with Gasteiger partial charge in [0.2, 0.25) is 0 Å². The van der Waals surface area contributed by atoms with Crippen LogP contribution in [-0.2, 0) is 20.7 Å². The number of nitrogens with one attached hydrogen (secondary N) is 1. The highest BCUT2D eigenvalue weighted by atomic mass is 16.7. The van der Waals surface area contributed by atoms with Crippen molar-refractivity contribution in [1.82, 2.24) is 5.32 Å². The van der Waals surface area contributed by atoms with Crippen LogP contribution in [0, 0.1) is 0 Å². The Morgan fingerprint density at radius 3 is 2.45 bits per heavy atom. The molecular formula is C14H19NO5. The van der Waals surface area contributed by atoms with Crippen molar-refractivity contribution >= 4 is 12.1 Å². The molecule has 1 rings (SSSR count). The predicted octanol–water partition coefficient (Wildman–Crippen LogP) is 1.79. The quantitative estimate of drug-likeness (QED) is 0.585. The number of carbonyl (C=O) groups excluding carboxylic acids is 1. The fourth-order valence-electron chi connectivity index (χ4n) is 1.52. The number of carboxylic acids is 1. The standard InChI is InChI=1S/C14H19NO5/c1-10(2)20-14(18)19-9-15-12(13(16)17)8-11-6-4-3-5-7-11/h3-7,10,12,15H,8-9H2,1-2H3,(H,16,17)/t12-/m0/s1. The number of hydrogen-bond donors (Lipinski definition) is 2. The third-order valence-electron chi connectivity index (χ3n) is 2.43. The van der Waals surface area contributed by atoms with Crippen molar-refractivity contribution in [2.75, 3.05) is 6.73 Å². The molecule has 2 N–H and O–H groups in total. The molecule has 1 aromatic carbocycles. The largest absolute Gasteiger partial charge is 0.509 e. The van der Waals surface area contributed by atoms with E-state index in [0.29, 0.717) is 6.42 Å². The Morgan fingerprint density at radius 1 is 1.25 bits per heavy atom. The van der Waals surface area contributed by atoms with Gasteiger partial charge in [0.1, 0.15) is 12.8 Å². The molecule has 0 aromatic heterocycles. The number of rotatable bonds is 7. The smallest absolute Gasteiger partial charge is 0.480 e. The van der Waals surface area contributed by atoms with Crippen LogP contribution in [0.1, 0.15) is 19.4 Å². The molecule has 0 aliphatic heterocycles. The zero-order chi connectivity index (χ0) is 15.0. The summed E-state index contributed by atoms with van der Waals surface area (Å²) in [4.78, 5) is 22.3. The number of benzene rings is 1. The average Bonchev–Trinajstić information content (AvgIpc) is 2.37. The molecule has 0 aliphatic carbocycles. The molecule has 0 spiro atoms. The molecule has 0 fully saturated rings. The molecule has 0 saturated heterocycles. The van der Waals surface area contributed by atoms with Crippen LogP contribution in [0.3, 0.4) is 0 Å². The maximum absolute atomic E-state index is 11.1. The Kier molecular flexibility index (Phi) is 6.52. The minimum absolute atomic E-state index is 0.213. The first kappa shape index (κ1) is 16.0. The lowest BCUT2D eigenvalue weighted by atomic mass is 10.1. The summed E-state index contributed by atoms with van der Waals surface area (Å²) >= 11 is 0. The van der Waals surface area contributed by atoms with Crippen LogP contribution in [0.15, 0.2) is 30.3 Å². The Balaban J connectivity index is 2.40. The molecule has 1 aromatic rings. The van der Waals surface area contributed by atoms with E-state index in [0.717, 1.165) is 5.56 Å².